The van der Waals surface area contributed by atoms with Crippen molar-refractivity contribution in [1.82, 2.24) is 39.9 Å². The number of halogens is 3. The van der Waals surface area contributed by atoms with Crippen LogP contribution in [0.15, 0.2) is 73.1 Å². The number of hydrogen-bond donors (Lipinski definition) is 5. The highest BCUT2D eigenvalue weighted by atomic mass is 35.5. The fourth-order valence-electron chi connectivity index (χ4n) is 7.85. The average Bonchev–Trinajstić information content (AvgIpc) is 4.07. The van der Waals surface area contributed by atoms with Gasteiger partial charge in [-0.3, -0.25) is 19.2 Å². The number of likely N-dealkylation sites (tertiary alicyclic amines) is 1. The summed E-state index contributed by atoms with van der Waals surface area (Å²) in [5.41, 5.74) is -0.383. The second kappa shape index (κ2) is 21.9. The molecule has 4 amide bonds. The quantitative estimate of drug-likeness (QED) is 0.0493. The number of rotatable bonds is 18. The Morgan fingerprint density at radius 1 is 1.06 bits per heavy atom. The molecule has 7 rings (SSSR count). The molecular formula is C46H53ClF2N10O8S. The molecule has 68 heavy (non-hydrogen) atoms. The van der Waals surface area contributed by atoms with E-state index >= 15 is 0 Å². The lowest BCUT2D eigenvalue weighted by Gasteiger charge is -2.35. The molecule has 1 unspecified atom stereocenters. The van der Waals surface area contributed by atoms with Gasteiger partial charge in [-0.2, -0.15) is 5.10 Å². The minimum absolute atomic E-state index is 0.0383. The molecule has 0 spiro atoms. The van der Waals surface area contributed by atoms with Gasteiger partial charge in [0.15, 0.2) is 6.23 Å². The summed E-state index contributed by atoms with van der Waals surface area (Å²) in [7, 11) is 0. The highest BCUT2D eigenvalue weighted by Crippen LogP contribution is 2.33. The van der Waals surface area contributed by atoms with Crippen molar-refractivity contribution in [3.05, 3.63) is 89.9 Å². The Hall–Kier alpha value is -6.13. The van der Waals surface area contributed by atoms with Gasteiger partial charge in [-0.25, -0.2) is 9.67 Å². The first-order valence-electron chi connectivity index (χ1n) is 22.0. The molecule has 2 fully saturated rings. The molecule has 362 valence electrons. The van der Waals surface area contributed by atoms with Gasteiger partial charge in [0.25, 0.3) is 5.91 Å². The third kappa shape index (κ3) is 12.9. The monoisotopic (exact) mass is 978 g/mol. The molecule has 0 radical (unpaired) electrons. The maximum absolute atomic E-state index is 14.1. The number of aliphatic hydroxyl groups excluding tert-OH is 1. The Morgan fingerprint density at radius 3 is 2.50 bits per heavy atom. The van der Waals surface area contributed by atoms with Crippen molar-refractivity contribution >= 4 is 58.3 Å². The van der Waals surface area contributed by atoms with Gasteiger partial charge >= 0.3 is 5.57 Å². The van der Waals surface area contributed by atoms with Crippen molar-refractivity contribution in [2.45, 2.75) is 89.9 Å². The number of aryl methyl sites for hydroxylation is 1. The molecule has 4 atom stereocenters. The minimum atomic E-state index is -3.89. The molecule has 2 aliphatic rings. The van der Waals surface area contributed by atoms with Crippen LogP contribution < -0.4 is 26.0 Å². The van der Waals surface area contributed by atoms with E-state index in [0.717, 1.165) is 41.0 Å². The van der Waals surface area contributed by atoms with Gasteiger partial charge in [0.05, 0.1) is 34.5 Å². The van der Waals surface area contributed by atoms with Gasteiger partial charge in [-0.15, -0.1) is 13.9 Å². The highest BCUT2D eigenvalue weighted by Gasteiger charge is 2.44. The smallest absolute Gasteiger partial charge is 0.420 e. The molecule has 2 aromatic carbocycles. The first-order valence-corrected chi connectivity index (χ1v) is 23.2. The summed E-state index contributed by atoms with van der Waals surface area (Å²) in [5, 5.41) is 30.8. The van der Waals surface area contributed by atoms with E-state index in [1.807, 2.05) is 31.2 Å². The molecule has 0 aliphatic carbocycles. The first-order chi connectivity index (χ1) is 32.4. The van der Waals surface area contributed by atoms with Crippen LogP contribution in [0.5, 0.6) is 5.75 Å². The number of ether oxygens (including phenoxy) is 3. The lowest BCUT2D eigenvalue weighted by Crippen LogP contribution is -2.58. The summed E-state index contributed by atoms with van der Waals surface area (Å²) in [5.74, 6) is -1.81. The summed E-state index contributed by atoms with van der Waals surface area (Å²) in [4.78, 5) is 61.3. The van der Waals surface area contributed by atoms with E-state index in [1.165, 1.54) is 46.9 Å². The summed E-state index contributed by atoms with van der Waals surface area (Å²) in [6, 6.07) is 14.3. The fraction of sp³-hybridized carbons (Fsp3) is 0.435. The third-order valence-corrected chi connectivity index (χ3v) is 12.2. The molecule has 0 saturated carbocycles. The molecule has 5 heterocycles. The third-order valence-electron chi connectivity index (χ3n) is 11.3. The van der Waals surface area contributed by atoms with Crippen molar-refractivity contribution < 1.29 is 47.3 Å². The van der Waals surface area contributed by atoms with E-state index in [2.05, 4.69) is 45.7 Å². The number of anilines is 2. The molecule has 2 aliphatic heterocycles. The Balaban J connectivity index is 0.950. The highest BCUT2D eigenvalue weighted by molar-refractivity contribution is 7.09. The van der Waals surface area contributed by atoms with E-state index in [4.69, 9.17) is 21.1 Å². The van der Waals surface area contributed by atoms with Gasteiger partial charge in [0.2, 0.25) is 17.7 Å². The summed E-state index contributed by atoms with van der Waals surface area (Å²) in [6.45, 7) is 7.81. The number of benzene rings is 2. The normalized spacial score (nSPS) is 17.9. The van der Waals surface area contributed by atoms with E-state index in [-0.39, 0.29) is 50.2 Å². The van der Waals surface area contributed by atoms with Crippen molar-refractivity contribution in [3.63, 3.8) is 0 Å². The molecule has 18 nitrogen and oxygen atoms in total. The summed E-state index contributed by atoms with van der Waals surface area (Å²) < 4.78 is 48.0. The maximum atomic E-state index is 14.1. The van der Waals surface area contributed by atoms with Gasteiger partial charge in [-0.05, 0) is 90.7 Å². The molecular weight excluding hydrogens is 926 g/mol. The Labute approximate surface area is 400 Å². The first kappa shape index (κ1) is 49.8. The predicted molar refractivity (Wildman–Crippen MR) is 249 cm³/mol. The summed E-state index contributed by atoms with van der Waals surface area (Å²) in [6.07, 6.45) is 4.39. The standard InChI is InChI=1S/C46H53ClF2N10O8S/c1-27-39(68-57-56-27)29-10-8-28(9-11-29)23-52-43(63)36-22-32(60)25-58(36)44(64)40(45(2,3)4)55-37(61)26-65-20-18-50-41-34(35-16-17-53-59(35)38-7-5-6-19-66-38)21-30(24-51-41)42(62)54-31-12-14-33(15-13-31)67-46(47,48)49/h8-17,21,24,32,36,38,40,60H,5-7,18-20,22-23,25-26H2,1-4H3,(H,50,51)(H,52,63)(H,54,62)(H,55,61)/t32-,36+,38?,40-/m1/s1. The number of nitrogens with zero attached hydrogens (tertiary/aromatic N) is 6. The average molecular weight is 980 g/mol. The number of nitrogens with one attached hydrogen (secondary N) is 4. The van der Waals surface area contributed by atoms with Gasteiger partial charge in [-0.1, -0.05) is 49.5 Å². The van der Waals surface area contributed by atoms with Crippen molar-refractivity contribution in [2.75, 3.05) is 43.5 Å². The largest absolute Gasteiger partial charge is 0.487 e. The summed E-state index contributed by atoms with van der Waals surface area (Å²) >= 11 is 6.17. The number of carbonyl (C=O) groups excluding carboxylic acids is 4. The predicted octanol–water partition coefficient (Wildman–Crippen LogP) is 6.13. The Morgan fingerprint density at radius 2 is 1.82 bits per heavy atom. The zero-order valence-corrected chi connectivity index (χ0v) is 39.4. The lowest BCUT2D eigenvalue weighted by atomic mass is 9.85. The van der Waals surface area contributed by atoms with E-state index < -0.39 is 59.4 Å². The lowest BCUT2D eigenvalue weighted by molar-refractivity contribution is -0.144. The number of alkyl halides is 3. The number of pyridine rings is 1. The SMILES string of the molecule is Cc1nnsc1-c1ccc(CNC(=O)[C@@H]2C[C@@H](O)CN2C(=O)[C@@H](NC(=O)COCCNc2ncc(C(=O)Nc3ccc(OC(F)(F)Cl)cc3)cc2-c2ccnn2C2CCCCO2)C(C)(C)C)cc1. The van der Waals surface area contributed by atoms with Crippen LogP contribution in [0.25, 0.3) is 21.7 Å². The fourth-order valence-corrected chi connectivity index (χ4v) is 8.60. The Bertz CT molecular complexity index is 2550. The van der Waals surface area contributed by atoms with Crippen LogP contribution >= 0.6 is 23.1 Å². The van der Waals surface area contributed by atoms with Crippen molar-refractivity contribution in [1.29, 1.82) is 0 Å². The molecule has 22 heteroatoms. The molecule has 3 aromatic heterocycles. The van der Waals surface area contributed by atoms with Crippen molar-refractivity contribution in [3.8, 4) is 27.4 Å². The number of aliphatic hydroxyl groups is 1. The number of carbonyl (C=O) groups is 4. The molecule has 0 bridgehead atoms. The Kier molecular flexibility index (Phi) is 16.0. The zero-order chi connectivity index (χ0) is 48.6. The second-order valence-corrected chi connectivity index (χ2v) is 18.7. The van der Waals surface area contributed by atoms with Crippen LogP contribution in [0, 0.1) is 12.3 Å². The van der Waals surface area contributed by atoms with E-state index in [0.29, 0.717) is 29.4 Å². The molecule has 5 aromatic rings. The van der Waals surface area contributed by atoms with Crippen LogP contribution in [-0.4, -0.2) is 115 Å². The maximum Gasteiger partial charge on any atom is 0.487 e. The topological polar surface area (TPSA) is 224 Å². The van der Waals surface area contributed by atoms with Gasteiger partial charge in [0.1, 0.15) is 30.3 Å². The molecule has 5 N–H and O–H groups in total. The van der Waals surface area contributed by atoms with Gasteiger partial charge < -0.3 is 45.5 Å². The number of amides is 4. The number of aromatic nitrogens is 5. The minimum Gasteiger partial charge on any atom is -0.420 e. The van der Waals surface area contributed by atoms with Gasteiger partial charge in [0, 0.05) is 67.9 Å². The molecule has 2 saturated heterocycles. The number of β-amino-alcohol motifs (C(OH)–C–C–N with tert-alkyl or cyclic N) is 1. The van der Waals surface area contributed by atoms with E-state index in [9.17, 15) is 33.1 Å². The van der Waals surface area contributed by atoms with Crippen LogP contribution in [0.2, 0.25) is 0 Å². The van der Waals surface area contributed by atoms with Crippen LogP contribution in [0.1, 0.15) is 74.3 Å². The van der Waals surface area contributed by atoms with Crippen molar-refractivity contribution in [2.24, 2.45) is 5.41 Å². The number of hydrogen-bond acceptors (Lipinski definition) is 14. The van der Waals surface area contributed by atoms with Crippen LogP contribution in [0.3, 0.4) is 0 Å². The van der Waals surface area contributed by atoms with E-state index in [1.54, 1.807) is 43.8 Å². The zero-order valence-electron chi connectivity index (χ0n) is 37.8. The second-order valence-electron chi connectivity index (χ2n) is 17.5. The van der Waals surface area contributed by atoms with Crippen LogP contribution in [-0.2, 0) is 30.4 Å². The van der Waals surface area contributed by atoms with Crippen LogP contribution in [0.4, 0.5) is 20.3 Å².